The van der Waals surface area contributed by atoms with Crippen molar-refractivity contribution in [3.63, 3.8) is 0 Å². The summed E-state index contributed by atoms with van der Waals surface area (Å²) in [7, 11) is 1.66. The molecule has 7 heteroatoms. The summed E-state index contributed by atoms with van der Waals surface area (Å²) in [6.45, 7) is 3.28. The molecule has 0 aliphatic heterocycles. The van der Waals surface area contributed by atoms with Gasteiger partial charge in [0.05, 0.1) is 5.69 Å². The lowest BCUT2D eigenvalue weighted by Crippen LogP contribution is -2.13. The van der Waals surface area contributed by atoms with Crippen LogP contribution in [0.2, 0.25) is 0 Å². The Hall–Kier alpha value is -3.48. The Morgan fingerprint density at radius 3 is 2.44 bits per heavy atom. The molecule has 1 heterocycles. The Morgan fingerprint density at radius 1 is 1.04 bits per heavy atom. The standard InChI is InChI=1S/C20H19FN4O2/c1-12-7-8-17(21)16(9-12)19-11-18(24-25(19)3)20(27)23-15-6-4-5-14(10-15)22-13(2)26/h4-11H,1-3H3,(H,22,26)(H,23,27). The molecule has 6 nitrogen and oxygen atoms in total. The van der Waals surface area contributed by atoms with E-state index < -0.39 is 5.91 Å². The maximum Gasteiger partial charge on any atom is 0.276 e. The van der Waals surface area contributed by atoms with Crippen molar-refractivity contribution in [3.05, 3.63) is 65.6 Å². The molecular weight excluding hydrogens is 347 g/mol. The highest BCUT2D eigenvalue weighted by Gasteiger charge is 2.16. The van der Waals surface area contributed by atoms with Crippen LogP contribution in [0.4, 0.5) is 15.8 Å². The number of hydrogen-bond acceptors (Lipinski definition) is 3. The van der Waals surface area contributed by atoms with Crippen LogP contribution in [0.3, 0.4) is 0 Å². The van der Waals surface area contributed by atoms with Crippen molar-refractivity contribution in [1.29, 1.82) is 0 Å². The molecule has 0 unspecified atom stereocenters. The number of aryl methyl sites for hydroxylation is 2. The summed E-state index contributed by atoms with van der Waals surface area (Å²) < 4.78 is 15.6. The largest absolute Gasteiger partial charge is 0.326 e. The molecule has 3 aromatic rings. The number of aromatic nitrogens is 2. The first-order chi connectivity index (χ1) is 12.8. The van der Waals surface area contributed by atoms with Gasteiger partial charge < -0.3 is 10.6 Å². The first-order valence-corrected chi connectivity index (χ1v) is 8.33. The molecular formula is C20H19FN4O2. The minimum atomic E-state index is -0.426. The van der Waals surface area contributed by atoms with E-state index >= 15 is 0 Å². The minimum absolute atomic E-state index is 0.165. The van der Waals surface area contributed by atoms with E-state index in [1.54, 1.807) is 49.5 Å². The van der Waals surface area contributed by atoms with Gasteiger partial charge in [0.2, 0.25) is 5.91 Å². The van der Waals surface area contributed by atoms with Crippen LogP contribution in [-0.4, -0.2) is 21.6 Å². The molecule has 0 atom stereocenters. The monoisotopic (exact) mass is 366 g/mol. The molecule has 0 radical (unpaired) electrons. The molecule has 0 aliphatic carbocycles. The second-order valence-corrected chi connectivity index (χ2v) is 6.24. The number of hydrogen-bond donors (Lipinski definition) is 2. The van der Waals surface area contributed by atoms with E-state index in [1.165, 1.54) is 17.7 Å². The van der Waals surface area contributed by atoms with Gasteiger partial charge in [-0.1, -0.05) is 17.7 Å². The zero-order valence-corrected chi connectivity index (χ0v) is 15.2. The molecule has 138 valence electrons. The Bertz CT molecular complexity index is 1030. The quantitative estimate of drug-likeness (QED) is 0.738. The van der Waals surface area contributed by atoms with Crippen LogP contribution >= 0.6 is 0 Å². The maximum absolute atomic E-state index is 14.2. The lowest BCUT2D eigenvalue weighted by Gasteiger charge is -2.06. The van der Waals surface area contributed by atoms with E-state index in [0.717, 1.165) is 5.56 Å². The molecule has 2 aromatic carbocycles. The lowest BCUT2D eigenvalue weighted by molar-refractivity contribution is -0.114. The summed E-state index contributed by atoms with van der Waals surface area (Å²) in [6.07, 6.45) is 0. The SMILES string of the molecule is CC(=O)Nc1cccc(NC(=O)c2cc(-c3cc(C)ccc3F)n(C)n2)c1. The maximum atomic E-state index is 14.2. The molecule has 0 saturated heterocycles. The molecule has 27 heavy (non-hydrogen) atoms. The average molecular weight is 366 g/mol. The first kappa shape index (κ1) is 18.3. The number of carbonyl (C=O) groups excluding carboxylic acids is 2. The number of anilines is 2. The predicted octanol–water partition coefficient (Wildman–Crippen LogP) is 3.75. The molecule has 0 spiro atoms. The van der Waals surface area contributed by atoms with Crippen LogP contribution in [0, 0.1) is 12.7 Å². The third-order valence-corrected chi connectivity index (χ3v) is 3.95. The van der Waals surface area contributed by atoms with Gasteiger partial charge in [-0.25, -0.2) is 4.39 Å². The molecule has 0 saturated carbocycles. The third kappa shape index (κ3) is 4.20. The van der Waals surface area contributed by atoms with Gasteiger partial charge in [0.25, 0.3) is 5.91 Å². The lowest BCUT2D eigenvalue weighted by atomic mass is 10.1. The number of benzene rings is 2. The van der Waals surface area contributed by atoms with Gasteiger partial charge in [-0.05, 0) is 43.3 Å². The van der Waals surface area contributed by atoms with E-state index in [2.05, 4.69) is 15.7 Å². The second kappa shape index (κ2) is 7.41. The van der Waals surface area contributed by atoms with Gasteiger partial charge in [0.15, 0.2) is 5.69 Å². The van der Waals surface area contributed by atoms with Gasteiger partial charge in [0.1, 0.15) is 5.82 Å². The van der Waals surface area contributed by atoms with E-state index in [1.807, 2.05) is 6.92 Å². The summed E-state index contributed by atoms with van der Waals surface area (Å²) >= 11 is 0. The van der Waals surface area contributed by atoms with Crippen molar-refractivity contribution < 1.29 is 14.0 Å². The van der Waals surface area contributed by atoms with Crippen molar-refractivity contribution in [2.45, 2.75) is 13.8 Å². The number of rotatable bonds is 4. The Morgan fingerprint density at radius 2 is 1.74 bits per heavy atom. The van der Waals surface area contributed by atoms with E-state index in [4.69, 9.17) is 0 Å². The number of nitrogens with one attached hydrogen (secondary N) is 2. The summed E-state index contributed by atoms with van der Waals surface area (Å²) in [5.74, 6) is -1.00. The van der Waals surface area contributed by atoms with Gasteiger partial charge >= 0.3 is 0 Å². The highest BCUT2D eigenvalue weighted by molar-refractivity contribution is 6.04. The van der Waals surface area contributed by atoms with Crippen LogP contribution < -0.4 is 10.6 Å². The normalized spacial score (nSPS) is 10.5. The molecule has 2 N–H and O–H groups in total. The smallest absolute Gasteiger partial charge is 0.276 e. The number of halogens is 1. The fraction of sp³-hybridized carbons (Fsp3) is 0.150. The fourth-order valence-corrected chi connectivity index (χ4v) is 2.74. The number of amides is 2. The van der Waals surface area contributed by atoms with Crippen molar-refractivity contribution in [2.24, 2.45) is 7.05 Å². The number of nitrogens with zero attached hydrogens (tertiary/aromatic N) is 2. The van der Waals surface area contributed by atoms with E-state index in [0.29, 0.717) is 22.6 Å². The molecule has 0 fully saturated rings. The van der Waals surface area contributed by atoms with E-state index in [-0.39, 0.29) is 17.4 Å². The van der Waals surface area contributed by atoms with Crippen LogP contribution in [0.1, 0.15) is 23.0 Å². The minimum Gasteiger partial charge on any atom is -0.326 e. The summed E-state index contributed by atoms with van der Waals surface area (Å²) in [5.41, 5.74) is 3.06. The molecule has 0 aliphatic rings. The zero-order valence-electron chi connectivity index (χ0n) is 15.2. The fourth-order valence-electron chi connectivity index (χ4n) is 2.74. The van der Waals surface area contributed by atoms with Gasteiger partial charge in [-0.2, -0.15) is 5.10 Å². The predicted molar refractivity (Wildman–Crippen MR) is 102 cm³/mol. The summed E-state index contributed by atoms with van der Waals surface area (Å²) in [5, 5.41) is 9.58. The Balaban J connectivity index is 1.84. The Labute approximate surface area is 156 Å². The van der Waals surface area contributed by atoms with Crippen LogP contribution in [0.5, 0.6) is 0 Å². The second-order valence-electron chi connectivity index (χ2n) is 6.24. The Kier molecular flexibility index (Phi) is 5.03. The van der Waals surface area contributed by atoms with Crippen LogP contribution in [0.25, 0.3) is 11.3 Å². The third-order valence-electron chi connectivity index (χ3n) is 3.95. The number of carbonyl (C=O) groups is 2. The summed E-state index contributed by atoms with van der Waals surface area (Å²) in [4.78, 5) is 23.7. The summed E-state index contributed by atoms with van der Waals surface area (Å²) in [6, 6.07) is 13.1. The first-order valence-electron chi connectivity index (χ1n) is 8.33. The van der Waals surface area contributed by atoms with Gasteiger partial charge in [-0.3, -0.25) is 14.3 Å². The zero-order chi connectivity index (χ0) is 19.6. The topological polar surface area (TPSA) is 76.0 Å². The van der Waals surface area contributed by atoms with Crippen molar-refractivity contribution in [2.75, 3.05) is 10.6 Å². The van der Waals surface area contributed by atoms with Gasteiger partial charge in [-0.15, -0.1) is 0 Å². The van der Waals surface area contributed by atoms with Crippen molar-refractivity contribution in [3.8, 4) is 11.3 Å². The molecule has 1 aromatic heterocycles. The average Bonchev–Trinajstić information content (AvgIpc) is 2.98. The van der Waals surface area contributed by atoms with Crippen LogP contribution in [-0.2, 0) is 11.8 Å². The highest BCUT2D eigenvalue weighted by Crippen LogP contribution is 2.25. The van der Waals surface area contributed by atoms with Crippen molar-refractivity contribution >= 4 is 23.2 Å². The molecule has 3 rings (SSSR count). The van der Waals surface area contributed by atoms with E-state index in [9.17, 15) is 14.0 Å². The molecule has 0 bridgehead atoms. The highest BCUT2D eigenvalue weighted by atomic mass is 19.1. The molecule has 2 amide bonds. The van der Waals surface area contributed by atoms with Gasteiger partial charge in [0, 0.05) is 30.9 Å². The van der Waals surface area contributed by atoms with Crippen molar-refractivity contribution in [1.82, 2.24) is 9.78 Å². The van der Waals surface area contributed by atoms with Crippen LogP contribution in [0.15, 0.2) is 48.5 Å².